The molecule has 4 aliphatic carbocycles. The minimum atomic E-state index is -0.801. The molecule has 11 heteroatoms. The van der Waals surface area contributed by atoms with Crippen LogP contribution in [0.4, 0.5) is 0 Å². The number of fused-ring (bicyclic) bond motifs is 6. The summed E-state index contributed by atoms with van der Waals surface area (Å²) in [7, 11) is 1.71. The Morgan fingerprint density at radius 3 is 2.48 bits per heavy atom. The molecule has 2 aliphatic heterocycles. The number of nitrogens with zero attached hydrogens (tertiary/aromatic N) is 1. The van der Waals surface area contributed by atoms with E-state index < -0.39 is 30.5 Å². The van der Waals surface area contributed by atoms with Crippen molar-refractivity contribution < 1.29 is 29.7 Å². The van der Waals surface area contributed by atoms with Crippen molar-refractivity contribution in [1.82, 2.24) is 20.9 Å². The second-order valence-corrected chi connectivity index (χ2v) is 17.5. The van der Waals surface area contributed by atoms with Gasteiger partial charge in [-0.3, -0.25) is 24.6 Å². The summed E-state index contributed by atoms with van der Waals surface area (Å²) < 4.78 is 0. The summed E-state index contributed by atoms with van der Waals surface area (Å²) in [6.45, 7) is 8.78. The average Bonchev–Trinajstić information content (AvgIpc) is 3.42. The number of rotatable bonds is 9. The van der Waals surface area contributed by atoms with Crippen LogP contribution in [0.5, 0.6) is 0 Å². The molecule has 1 saturated heterocycles. The van der Waals surface area contributed by atoms with E-state index in [0.29, 0.717) is 60.8 Å². The maximum Gasteiger partial charge on any atom is 0.269 e. The van der Waals surface area contributed by atoms with Gasteiger partial charge in [0.05, 0.1) is 24.5 Å². The van der Waals surface area contributed by atoms with Crippen molar-refractivity contribution in [2.24, 2.45) is 46.3 Å². The van der Waals surface area contributed by atoms with E-state index in [-0.39, 0.29) is 45.8 Å². The van der Waals surface area contributed by atoms with Gasteiger partial charge in [-0.15, -0.1) is 24.1 Å². The Morgan fingerprint density at radius 2 is 1.77 bits per heavy atom. The zero-order valence-electron chi connectivity index (χ0n) is 29.2. The molecule has 14 unspecified atom stereocenters. The van der Waals surface area contributed by atoms with Crippen LogP contribution in [0.3, 0.4) is 0 Å². The van der Waals surface area contributed by atoms with Crippen LogP contribution in [-0.4, -0.2) is 86.6 Å². The monoisotopic (exact) mass is 684 g/mol. The number of aliphatic hydroxyl groups excluding tert-OH is 3. The molecule has 0 aromatic rings. The van der Waals surface area contributed by atoms with E-state index in [1.807, 2.05) is 6.92 Å². The predicted octanol–water partition coefficient (Wildman–Crippen LogP) is 2.72. The lowest BCUT2D eigenvalue weighted by Crippen LogP contribution is -2.71. The van der Waals surface area contributed by atoms with Crippen molar-refractivity contribution in [3.05, 3.63) is 11.3 Å². The number of β-lactam (4-membered cyclic amide) rings is 1. The van der Waals surface area contributed by atoms with E-state index in [2.05, 4.69) is 42.6 Å². The van der Waals surface area contributed by atoms with E-state index >= 15 is 0 Å². The summed E-state index contributed by atoms with van der Waals surface area (Å²) in [5, 5.41) is 41.8. The first-order valence-electron chi connectivity index (χ1n) is 18.2. The number of nitrogens with one attached hydrogen (secondary N) is 3. The first-order chi connectivity index (χ1) is 22.8. The lowest BCUT2D eigenvalue weighted by atomic mass is 9.43. The van der Waals surface area contributed by atoms with Gasteiger partial charge in [0.15, 0.2) is 0 Å². The topological polar surface area (TPSA) is 151 Å². The predicted molar refractivity (Wildman–Crippen MR) is 185 cm³/mol. The van der Waals surface area contributed by atoms with Gasteiger partial charge in [0.1, 0.15) is 17.1 Å². The Hall–Kier alpha value is -2.10. The minimum Gasteiger partial charge on any atom is -0.393 e. The molecule has 14 atom stereocenters. The number of hydrogen-bond acceptors (Lipinski definition) is 8. The quantitative estimate of drug-likeness (QED) is 0.123. The molecule has 6 N–H and O–H groups in total. The summed E-state index contributed by atoms with van der Waals surface area (Å²) in [5.41, 5.74) is 1.13. The molecule has 4 saturated carbocycles. The van der Waals surface area contributed by atoms with E-state index in [1.54, 1.807) is 18.8 Å². The molecule has 0 bridgehead atoms. The van der Waals surface area contributed by atoms with Crippen molar-refractivity contribution in [3.8, 4) is 12.3 Å². The SMILES string of the molecule is C#CCC(NC)NC(=O)C1=C(C)CSC2C(NC(=O)CCC(C)C3CCC4C5C(O)C(O)C6CC(O)CCC6(C)C5CCC34C)C(=O)N12. The summed E-state index contributed by atoms with van der Waals surface area (Å²) >= 11 is 1.56. The number of thioether (sulfide) groups is 1. The largest absolute Gasteiger partial charge is 0.393 e. The summed E-state index contributed by atoms with van der Waals surface area (Å²) in [6.07, 6.45) is 10.8. The number of amides is 3. The molecular formula is C37H56N4O6S. The standard InChI is InChI=1S/C37H56N4O6S/c1-7-8-26(38-6)39-33(46)30-20(3)18-48-35-29(34(47)41(30)35)40-27(43)12-9-19(2)22-10-11-23-28-24(14-16-36(22,23)4)37(5)15-13-21(42)17-25(37)31(44)32(28)45/h1,19,21-26,28-29,31-32,35,38,42,44-45H,8-18H2,2-6H3,(H,39,46)(H,40,43). The number of carbonyl (C=O) groups excluding carboxylic acids is 3. The fourth-order valence-electron chi connectivity index (χ4n) is 11.4. The van der Waals surface area contributed by atoms with Crippen LogP contribution in [0.2, 0.25) is 0 Å². The van der Waals surface area contributed by atoms with Gasteiger partial charge in [-0.05, 0) is 117 Å². The van der Waals surface area contributed by atoms with Crippen molar-refractivity contribution in [2.75, 3.05) is 12.8 Å². The fraction of sp³-hybridized carbons (Fsp3) is 0.811. The van der Waals surface area contributed by atoms with Gasteiger partial charge < -0.3 is 26.0 Å². The molecule has 6 rings (SSSR count). The molecule has 266 valence electrons. The van der Waals surface area contributed by atoms with Crippen LogP contribution in [0.1, 0.15) is 91.9 Å². The first kappa shape index (κ1) is 35.7. The summed E-state index contributed by atoms with van der Waals surface area (Å²) in [4.78, 5) is 41.2. The van der Waals surface area contributed by atoms with Crippen molar-refractivity contribution in [1.29, 1.82) is 0 Å². The maximum absolute atomic E-state index is 13.3. The molecule has 6 aliphatic rings. The normalized spacial score (nSPS) is 43.1. The van der Waals surface area contributed by atoms with Gasteiger partial charge >= 0.3 is 0 Å². The second-order valence-electron chi connectivity index (χ2n) is 16.4. The zero-order chi connectivity index (χ0) is 34.7. The summed E-state index contributed by atoms with van der Waals surface area (Å²) in [5.74, 6) is 3.75. The second kappa shape index (κ2) is 13.6. The van der Waals surface area contributed by atoms with Gasteiger partial charge in [-0.2, -0.15) is 0 Å². The molecule has 2 heterocycles. The summed E-state index contributed by atoms with van der Waals surface area (Å²) in [6, 6.07) is -0.659. The Kier molecular flexibility index (Phi) is 10.1. The molecule has 0 spiro atoms. The number of terminal acetylenes is 1. The van der Waals surface area contributed by atoms with Gasteiger partial charge in [-0.25, -0.2) is 0 Å². The first-order valence-corrected chi connectivity index (χ1v) is 19.2. The zero-order valence-corrected chi connectivity index (χ0v) is 30.0. The van der Waals surface area contributed by atoms with Gasteiger partial charge in [-0.1, -0.05) is 20.8 Å². The van der Waals surface area contributed by atoms with E-state index in [9.17, 15) is 29.7 Å². The minimum absolute atomic E-state index is 0.0337. The molecule has 10 nitrogen and oxygen atoms in total. The highest BCUT2D eigenvalue weighted by atomic mass is 32.2. The van der Waals surface area contributed by atoms with E-state index in [1.165, 1.54) is 4.90 Å². The van der Waals surface area contributed by atoms with Crippen LogP contribution in [0, 0.1) is 58.7 Å². The highest BCUT2D eigenvalue weighted by molar-refractivity contribution is 8.00. The van der Waals surface area contributed by atoms with Gasteiger partial charge in [0.2, 0.25) is 5.91 Å². The molecule has 3 amide bonds. The fourth-order valence-corrected chi connectivity index (χ4v) is 12.7. The Bertz CT molecular complexity index is 1370. The molecule has 0 aromatic carbocycles. The Balaban J connectivity index is 1.05. The lowest BCUT2D eigenvalue weighted by molar-refractivity contribution is -0.223. The number of aliphatic hydroxyl groups is 3. The third-order valence-corrected chi connectivity index (χ3v) is 15.4. The van der Waals surface area contributed by atoms with Crippen LogP contribution in [0.25, 0.3) is 0 Å². The van der Waals surface area contributed by atoms with Crippen LogP contribution >= 0.6 is 11.8 Å². The third-order valence-electron chi connectivity index (χ3n) is 14.0. The van der Waals surface area contributed by atoms with Crippen LogP contribution in [0.15, 0.2) is 11.3 Å². The molecular weight excluding hydrogens is 628 g/mol. The van der Waals surface area contributed by atoms with Crippen molar-refractivity contribution in [2.45, 2.75) is 128 Å². The Labute approximate surface area is 290 Å². The van der Waals surface area contributed by atoms with Crippen LogP contribution < -0.4 is 16.0 Å². The third kappa shape index (κ3) is 5.81. The van der Waals surface area contributed by atoms with Crippen molar-refractivity contribution >= 4 is 29.5 Å². The van der Waals surface area contributed by atoms with Gasteiger partial charge in [0.25, 0.3) is 11.8 Å². The average molecular weight is 685 g/mol. The lowest BCUT2D eigenvalue weighted by Gasteiger charge is -2.63. The highest BCUT2D eigenvalue weighted by Crippen LogP contribution is 2.68. The van der Waals surface area contributed by atoms with Crippen LogP contribution in [-0.2, 0) is 14.4 Å². The number of hydrogen-bond donors (Lipinski definition) is 6. The number of carbonyl (C=O) groups is 3. The van der Waals surface area contributed by atoms with E-state index in [4.69, 9.17) is 6.42 Å². The van der Waals surface area contributed by atoms with E-state index in [0.717, 1.165) is 44.1 Å². The molecule has 0 aromatic heterocycles. The molecule has 48 heavy (non-hydrogen) atoms. The highest BCUT2D eigenvalue weighted by Gasteiger charge is 2.65. The van der Waals surface area contributed by atoms with Crippen molar-refractivity contribution in [3.63, 3.8) is 0 Å². The Morgan fingerprint density at radius 1 is 1.06 bits per heavy atom. The van der Waals surface area contributed by atoms with Gasteiger partial charge in [0, 0.05) is 18.6 Å². The maximum atomic E-state index is 13.3. The molecule has 5 fully saturated rings. The smallest absolute Gasteiger partial charge is 0.269 e. The molecule has 0 radical (unpaired) electrons.